The van der Waals surface area contributed by atoms with Crippen LogP contribution in [0.25, 0.3) is 10.9 Å². The molecule has 0 atom stereocenters. The maximum Gasteiger partial charge on any atom is 0.117 e. The average Bonchev–Trinajstić information content (AvgIpc) is 2.94. The SMILES string of the molecule is CC(C)(C)c1nc(CSc2ncnc3ccccc23)cs1. The molecule has 0 unspecified atom stereocenters. The standard InChI is InChI=1S/C16H17N3S2/c1-16(2,3)15-19-11(9-21-15)8-20-14-12-6-4-5-7-13(12)17-10-18-14/h4-7,9-10H,8H2,1-3H3. The number of fused-ring (bicyclic) bond motifs is 1. The van der Waals surface area contributed by atoms with Gasteiger partial charge < -0.3 is 0 Å². The summed E-state index contributed by atoms with van der Waals surface area (Å²) >= 11 is 3.46. The summed E-state index contributed by atoms with van der Waals surface area (Å²) in [5.41, 5.74) is 2.23. The molecule has 2 aromatic heterocycles. The third kappa shape index (κ3) is 3.24. The molecule has 3 rings (SSSR count). The van der Waals surface area contributed by atoms with E-state index in [2.05, 4.69) is 42.2 Å². The van der Waals surface area contributed by atoms with E-state index < -0.39 is 0 Å². The van der Waals surface area contributed by atoms with Gasteiger partial charge in [0.2, 0.25) is 0 Å². The Morgan fingerprint density at radius 3 is 2.71 bits per heavy atom. The molecular formula is C16H17N3S2. The van der Waals surface area contributed by atoms with Crippen LogP contribution in [-0.4, -0.2) is 15.0 Å². The van der Waals surface area contributed by atoms with Crippen LogP contribution in [-0.2, 0) is 11.2 Å². The largest absolute Gasteiger partial charge is 0.245 e. The summed E-state index contributed by atoms with van der Waals surface area (Å²) in [6.07, 6.45) is 1.63. The van der Waals surface area contributed by atoms with Crippen LogP contribution in [0.4, 0.5) is 0 Å². The van der Waals surface area contributed by atoms with E-state index >= 15 is 0 Å². The topological polar surface area (TPSA) is 38.7 Å². The van der Waals surface area contributed by atoms with E-state index in [0.29, 0.717) is 0 Å². The van der Waals surface area contributed by atoms with Gasteiger partial charge in [-0.1, -0.05) is 50.7 Å². The third-order valence-corrected chi connectivity index (χ3v) is 5.41. The number of hydrogen-bond acceptors (Lipinski definition) is 5. The van der Waals surface area contributed by atoms with Crippen LogP contribution in [0.15, 0.2) is 41.0 Å². The number of nitrogens with zero attached hydrogens (tertiary/aromatic N) is 3. The Hall–Kier alpha value is -1.46. The zero-order chi connectivity index (χ0) is 14.9. The molecule has 0 aliphatic carbocycles. The van der Waals surface area contributed by atoms with Gasteiger partial charge in [-0.15, -0.1) is 11.3 Å². The van der Waals surface area contributed by atoms with Crippen molar-refractivity contribution in [2.75, 3.05) is 0 Å². The van der Waals surface area contributed by atoms with Crippen LogP contribution in [0.5, 0.6) is 0 Å². The maximum absolute atomic E-state index is 4.73. The first-order valence-corrected chi connectivity index (χ1v) is 8.68. The Bertz CT molecular complexity index is 754. The molecule has 0 fully saturated rings. The number of aromatic nitrogens is 3. The summed E-state index contributed by atoms with van der Waals surface area (Å²) in [5.74, 6) is 0.841. The predicted molar refractivity (Wildman–Crippen MR) is 89.9 cm³/mol. The molecule has 3 nitrogen and oxygen atoms in total. The highest BCUT2D eigenvalue weighted by molar-refractivity contribution is 7.98. The molecule has 0 N–H and O–H groups in total. The van der Waals surface area contributed by atoms with Crippen molar-refractivity contribution in [2.24, 2.45) is 0 Å². The Balaban J connectivity index is 1.79. The lowest BCUT2D eigenvalue weighted by Gasteiger charge is -2.13. The number of hydrogen-bond donors (Lipinski definition) is 0. The molecule has 5 heteroatoms. The van der Waals surface area contributed by atoms with Gasteiger partial charge in [-0.2, -0.15) is 0 Å². The number of rotatable bonds is 3. The third-order valence-electron chi connectivity index (χ3n) is 3.06. The minimum absolute atomic E-state index is 0.120. The van der Waals surface area contributed by atoms with Crippen molar-refractivity contribution in [1.82, 2.24) is 15.0 Å². The van der Waals surface area contributed by atoms with Gasteiger partial charge >= 0.3 is 0 Å². The van der Waals surface area contributed by atoms with Crippen molar-refractivity contribution in [1.29, 1.82) is 0 Å². The van der Waals surface area contributed by atoms with Crippen molar-refractivity contribution in [3.05, 3.63) is 46.7 Å². The summed E-state index contributed by atoms with van der Waals surface area (Å²) in [6.45, 7) is 6.59. The number of thioether (sulfide) groups is 1. The maximum atomic E-state index is 4.73. The zero-order valence-corrected chi connectivity index (χ0v) is 14.0. The van der Waals surface area contributed by atoms with E-state index in [0.717, 1.165) is 27.4 Å². The van der Waals surface area contributed by atoms with E-state index in [-0.39, 0.29) is 5.41 Å². The molecule has 1 aromatic carbocycles. The number of benzene rings is 1. The van der Waals surface area contributed by atoms with Crippen LogP contribution < -0.4 is 0 Å². The normalized spacial score (nSPS) is 12.0. The summed E-state index contributed by atoms with van der Waals surface area (Å²) in [4.78, 5) is 13.4. The van der Waals surface area contributed by atoms with Gasteiger partial charge in [0.05, 0.1) is 16.2 Å². The van der Waals surface area contributed by atoms with Crippen LogP contribution >= 0.6 is 23.1 Å². The molecule has 108 valence electrons. The Kier molecular flexibility index (Phi) is 3.95. The van der Waals surface area contributed by atoms with Gasteiger partial charge in [-0.3, -0.25) is 0 Å². The summed E-state index contributed by atoms with van der Waals surface area (Å²) in [6, 6.07) is 8.11. The molecule has 0 aliphatic rings. The smallest absolute Gasteiger partial charge is 0.117 e. The first-order chi connectivity index (χ1) is 10.0. The lowest BCUT2D eigenvalue weighted by molar-refractivity contribution is 0.584. The summed E-state index contributed by atoms with van der Waals surface area (Å²) in [7, 11) is 0. The highest BCUT2D eigenvalue weighted by Crippen LogP contribution is 2.30. The predicted octanol–water partition coefficient (Wildman–Crippen LogP) is 4.68. The van der Waals surface area contributed by atoms with Crippen LogP contribution in [0.2, 0.25) is 0 Å². The molecule has 0 aliphatic heterocycles. The Morgan fingerprint density at radius 2 is 1.95 bits per heavy atom. The van der Waals surface area contributed by atoms with Crippen LogP contribution in [0.1, 0.15) is 31.5 Å². The number of para-hydroxylation sites is 1. The number of thiazole rings is 1. The molecular weight excluding hydrogens is 298 g/mol. The summed E-state index contributed by atoms with van der Waals surface area (Å²) in [5, 5.41) is 5.46. The van der Waals surface area contributed by atoms with E-state index in [1.807, 2.05) is 18.2 Å². The van der Waals surface area contributed by atoms with Gasteiger partial charge in [0, 0.05) is 21.9 Å². The van der Waals surface area contributed by atoms with Crippen LogP contribution in [0.3, 0.4) is 0 Å². The summed E-state index contributed by atoms with van der Waals surface area (Å²) < 4.78 is 0. The van der Waals surface area contributed by atoms with Gasteiger partial charge in [-0.05, 0) is 6.07 Å². The molecule has 2 heterocycles. The molecule has 0 bridgehead atoms. The fourth-order valence-electron chi connectivity index (χ4n) is 1.96. The van der Waals surface area contributed by atoms with Crippen molar-refractivity contribution in [3.63, 3.8) is 0 Å². The zero-order valence-electron chi connectivity index (χ0n) is 12.3. The van der Waals surface area contributed by atoms with Gasteiger partial charge in [0.25, 0.3) is 0 Å². The van der Waals surface area contributed by atoms with E-state index in [9.17, 15) is 0 Å². The fraction of sp³-hybridized carbons (Fsp3) is 0.312. The molecule has 0 amide bonds. The van der Waals surface area contributed by atoms with E-state index in [4.69, 9.17) is 4.98 Å². The molecule has 3 aromatic rings. The molecule has 21 heavy (non-hydrogen) atoms. The second kappa shape index (κ2) is 5.73. The Labute approximate surface area is 132 Å². The van der Waals surface area contributed by atoms with Crippen molar-refractivity contribution >= 4 is 34.0 Å². The van der Waals surface area contributed by atoms with Crippen LogP contribution in [0, 0.1) is 0 Å². The monoisotopic (exact) mass is 315 g/mol. The lowest BCUT2D eigenvalue weighted by atomic mass is 9.98. The second-order valence-electron chi connectivity index (χ2n) is 5.88. The van der Waals surface area contributed by atoms with Gasteiger partial charge in [0.1, 0.15) is 11.4 Å². The van der Waals surface area contributed by atoms with E-state index in [1.54, 1.807) is 29.4 Å². The molecule has 0 saturated carbocycles. The van der Waals surface area contributed by atoms with Gasteiger partial charge in [-0.25, -0.2) is 15.0 Å². The lowest BCUT2D eigenvalue weighted by Crippen LogP contribution is -2.10. The van der Waals surface area contributed by atoms with Gasteiger partial charge in [0.15, 0.2) is 0 Å². The first kappa shape index (κ1) is 14.5. The highest BCUT2D eigenvalue weighted by Gasteiger charge is 2.18. The first-order valence-electron chi connectivity index (χ1n) is 6.81. The Morgan fingerprint density at radius 1 is 1.14 bits per heavy atom. The van der Waals surface area contributed by atoms with Crippen molar-refractivity contribution in [3.8, 4) is 0 Å². The van der Waals surface area contributed by atoms with Crippen molar-refractivity contribution in [2.45, 2.75) is 37.0 Å². The molecule has 0 spiro atoms. The minimum Gasteiger partial charge on any atom is -0.245 e. The van der Waals surface area contributed by atoms with Crippen molar-refractivity contribution < 1.29 is 0 Å². The molecule has 0 saturated heterocycles. The average molecular weight is 315 g/mol. The minimum atomic E-state index is 0.120. The van der Waals surface area contributed by atoms with E-state index in [1.165, 1.54) is 5.01 Å². The molecule has 0 radical (unpaired) electrons. The second-order valence-corrected chi connectivity index (χ2v) is 7.70. The fourth-order valence-corrected chi connectivity index (χ4v) is 3.85. The quantitative estimate of drug-likeness (QED) is 0.520. The highest BCUT2D eigenvalue weighted by atomic mass is 32.2.